The zero-order chi connectivity index (χ0) is 17.3. The summed E-state index contributed by atoms with van der Waals surface area (Å²) in [6.07, 6.45) is 5.96. The summed E-state index contributed by atoms with van der Waals surface area (Å²) in [5.41, 5.74) is 0.690. The van der Waals surface area contributed by atoms with Crippen LogP contribution in [0.1, 0.15) is 5.56 Å². The summed E-state index contributed by atoms with van der Waals surface area (Å²) in [6.45, 7) is 1.21. The van der Waals surface area contributed by atoms with E-state index in [4.69, 9.17) is 32.7 Å². The van der Waals surface area contributed by atoms with E-state index in [1.807, 2.05) is 0 Å². The van der Waals surface area contributed by atoms with Gasteiger partial charge in [0.15, 0.2) is 0 Å². The molecule has 10 heteroatoms. The average molecular weight is 381 g/mol. The fourth-order valence-electron chi connectivity index (χ4n) is 2.83. The molecule has 25 heavy (non-hydrogen) atoms. The summed E-state index contributed by atoms with van der Waals surface area (Å²) in [4.78, 5) is 7.91. The van der Waals surface area contributed by atoms with Crippen molar-refractivity contribution in [1.82, 2.24) is 29.5 Å². The molecule has 4 rings (SSSR count). The van der Waals surface area contributed by atoms with Crippen LogP contribution in [0.4, 0.5) is 0 Å². The van der Waals surface area contributed by atoms with Gasteiger partial charge in [0.25, 0.3) is 0 Å². The van der Waals surface area contributed by atoms with Crippen LogP contribution in [-0.4, -0.2) is 42.2 Å². The minimum Gasteiger partial charge on any atom is -0.342 e. The molecular formula is C15H14Cl2N6O2. The topological polar surface area (TPSA) is 79.9 Å². The normalized spacial score (nSPS) is 23.2. The molecule has 3 aromatic rings. The summed E-state index contributed by atoms with van der Waals surface area (Å²) >= 11 is 12.4. The molecule has 130 valence electrons. The van der Waals surface area contributed by atoms with Gasteiger partial charge in [-0.05, 0) is 12.1 Å². The predicted molar refractivity (Wildman–Crippen MR) is 89.0 cm³/mol. The molecule has 3 heterocycles. The van der Waals surface area contributed by atoms with Crippen LogP contribution in [-0.2, 0) is 28.4 Å². The van der Waals surface area contributed by atoms with Crippen LogP contribution in [0.15, 0.2) is 43.5 Å². The van der Waals surface area contributed by atoms with Crippen molar-refractivity contribution in [2.45, 2.75) is 25.0 Å². The molecule has 0 radical (unpaired) electrons. The summed E-state index contributed by atoms with van der Waals surface area (Å²) < 4.78 is 15.7. The van der Waals surface area contributed by atoms with Crippen LogP contribution in [0.2, 0.25) is 10.0 Å². The quantitative estimate of drug-likeness (QED) is 0.674. The Balaban J connectivity index is 1.65. The van der Waals surface area contributed by atoms with Crippen molar-refractivity contribution >= 4 is 23.2 Å². The number of nitrogens with zero attached hydrogens (tertiary/aromatic N) is 6. The van der Waals surface area contributed by atoms with Gasteiger partial charge in [-0.1, -0.05) is 29.3 Å². The van der Waals surface area contributed by atoms with Gasteiger partial charge < -0.3 is 9.47 Å². The van der Waals surface area contributed by atoms with Crippen LogP contribution in [0.3, 0.4) is 0 Å². The summed E-state index contributed by atoms with van der Waals surface area (Å²) in [5, 5.41) is 9.26. The van der Waals surface area contributed by atoms with Gasteiger partial charge in [-0.15, -0.1) is 0 Å². The van der Waals surface area contributed by atoms with Crippen molar-refractivity contribution in [3.05, 3.63) is 59.1 Å². The maximum atomic E-state index is 6.41. The number of rotatable bonds is 5. The van der Waals surface area contributed by atoms with Crippen molar-refractivity contribution < 1.29 is 9.47 Å². The Kier molecular flexibility index (Phi) is 4.43. The third-order valence-electron chi connectivity index (χ3n) is 3.89. The molecule has 1 aliphatic heterocycles. The first-order valence-corrected chi connectivity index (χ1v) is 8.32. The minimum atomic E-state index is -1.08. The standard InChI is InChI=1S/C15H14Cl2N6O2/c16-11-1-2-13(14(17)3-11)15(6-23-10-19-8-21-23)24-5-12(25-15)4-22-9-18-7-20-22/h1-3,7-10,12H,4-6H2/t12-,15+/m0/s1. The Labute approximate surface area is 153 Å². The van der Waals surface area contributed by atoms with E-state index in [9.17, 15) is 0 Å². The van der Waals surface area contributed by atoms with E-state index >= 15 is 0 Å². The molecule has 2 atom stereocenters. The van der Waals surface area contributed by atoms with E-state index in [-0.39, 0.29) is 6.10 Å². The van der Waals surface area contributed by atoms with Crippen LogP contribution < -0.4 is 0 Å². The molecule has 1 saturated heterocycles. The van der Waals surface area contributed by atoms with Crippen LogP contribution >= 0.6 is 23.2 Å². The second-order valence-corrected chi connectivity index (χ2v) is 6.48. The zero-order valence-electron chi connectivity index (χ0n) is 13.0. The summed E-state index contributed by atoms with van der Waals surface area (Å²) in [5.74, 6) is -1.08. The number of hydrogen-bond acceptors (Lipinski definition) is 6. The fourth-order valence-corrected chi connectivity index (χ4v) is 3.38. The highest BCUT2D eigenvalue weighted by atomic mass is 35.5. The molecule has 0 unspecified atom stereocenters. The number of aromatic nitrogens is 6. The monoisotopic (exact) mass is 380 g/mol. The number of ether oxygens (including phenoxy) is 2. The fraction of sp³-hybridized carbons (Fsp3) is 0.333. The minimum absolute atomic E-state index is 0.211. The van der Waals surface area contributed by atoms with Crippen LogP contribution in [0, 0.1) is 0 Å². The molecule has 0 aliphatic carbocycles. The SMILES string of the molecule is Clc1ccc([C@]2(Cn3cncn3)OC[C@H](Cn3cncn3)O2)c(Cl)c1. The Morgan fingerprint density at radius 2 is 1.88 bits per heavy atom. The van der Waals surface area contributed by atoms with Crippen molar-refractivity contribution in [1.29, 1.82) is 0 Å². The molecule has 2 aromatic heterocycles. The summed E-state index contributed by atoms with van der Waals surface area (Å²) in [6, 6.07) is 5.22. The van der Waals surface area contributed by atoms with E-state index in [1.54, 1.807) is 40.2 Å². The van der Waals surface area contributed by atoms with Gasteiger partial charge in [-0.3, -0.25) is 4.68 Å². The van der Waals surface area contributed by atoms with Gasteiger partial charge >= 0.3 is 0 Å². The molecule has 8 nitrogen and oxygen atoms in total. The maximum absolute atomic E-state index is 6.41. The molecule has 0 N–H and O–H groups in total. The van der Waals surface area contributed by atoms with Gasteiger partial charge in [0.1, 0.15) is 38.0 Å². The maximum Gasteiger partial charge on any atom is 0.217 e. The van der Waals surface area contributed by atoms with Gasteiger partial charge in [0.05, 0.1) is 18.2 Å². The van der Waals surface area contributed by atoms with Gasteiger partial charge in [0.2, 0.25) is 5.79 Å². The van der Waals surface area contributed by atoms with E-state index in [2.05, 4.69) is 20.2 Å². The Bertz CT molecular complexity index is 842. The predicted octanol–water partition coefficient (Wildman–Crippen LogP) is 2.14. The highest BCUT2D eigenvalue weighted by Gasteiger charge is 2.45. The molecule has 1 aromatic carbocycles. The third kappa shape index (κ3) is 3.38. The Morgan fingerprint density at radius 1 is 1.12 bits per heavy atom. The van der Waals surface area contributed by atoms with Gasteiger partial charge in [-0.25, -0.2) is 14.6 Å². The highest BCUT2D eigenvalue weighted by molar-refractivity contribution is 6.35. The van der Waals surface area contributed by atoms with E-state index in [1.165, 1.54) is 12.7 Å². The molecule has 1 fully saturated rings. The van der Waals surface area contributed by atoms with Gasteiger partial charge in [-0.2, -0.15) is 10.2 Å². The smallest absolute Gasteiger partial charge is 0.217 e. The molecular weight excluding hydrogens is 367 g/mol. The Morgan fingerprint density at radius 3 is 2.56 bits per heavy atom. The van der Waals surface area contributed by atoms with Crippen molar-refractivity contribution in [2.24, 2.45) is 0 Å². The lowest BCUT2D eigenvalue weighted by molar-refractivity contribution is -0.189. The second-order valence-electron chi connectivity index (χ2n) is 5.64. The van der Waals surface area contributed by atoms with Crippen molar-refractivity contribution in [2.75, 3.05) is 6.61 Å². The van der Waals surface area contributed by atoms with Gasteiger partial charge in [0, 0.05) is 10.6 Å². The summed E-state index contributed by atoms with van der Waals surface area (Å²) in [7, 11) is 0. The van der Waals surface area contributed by atoms with E-state index in [0.717, 1.165) is 0 Å². The largest absolute Gasteiger partial charge is 0.342 e. The first-order chi connectivity index (χ1) is 12.1. The Hall–Kier alpha value is -2.00. The van der Waals surface area contributed by atoms with E-state index < -0.39 is 5.79 Å². The van der Waals surface area contributed by atoms with Crippen molar-refractivity contribution in [3.8, 4) is 0 Å². The third-order valence-corrected chi connectivity index (χ3v) is 4.44. The lowest BCUT2D eigenvalue weighted by atomic mass is 10.1. The number of hydrogen-bond donors (Lipinski definition) is 0. The molecule has 0 amide bonds. The number of benzene rings is 1. The second kappa shape index (κ2) is 6.72. The zero-order valence-corrected chi connectivity index (χ0v) is 14.5. The lowest BCUT2D eigenvalue weighted by Crippen LogP contribution is -2.34. The first kappa shape index (κ1) is 16.5. The molecule has 0 saturated carbocycles. The molecule has 0 spiro atoms. The molecule has 0 bridgehead atoms. The van der Waals surface area contributed by atoms with Crippen LogP contribution in [0.25, 0.3) is 0 Å². The average Bonchev–Trinajstić information content (AvgIpc) is 3.31. The van der Waals surface area contributed by atoms with E-state index in [0.29, 0.717) is 35.3 Å². The van der Waals surface area contributed by atoms with Crippen LogP contribution in [0.5, 0.6) is 0 Å². The lowest BCUT2D eigenvalue weighted by Gasteiger charge is -2.29. The first-order valence-electron chi connectivity index (χ1n) is 7.57. The molecule has 1 aliphatic rings. The number of halogens is 2. The highest BCUT2D eigenvalue weighted by Crippen LogP contribution is 2.40. The van der Waals surface area contributed by atoms with Crippen molar-refractivity contribution in [3.63, 3.8) is 0 Å².